The van der Waals surface area contributed by atoms with Crippen LogP contribution < -0.4 is 5.32 Å². The summed E-state index contributed by atoms with van der Waals surface area (Å²) in [5.41, 5.74) is 2.92. The van der Waals surface area contributed by atoms with Gasteiger partial charge in [0.25, 0.3) is 11.7 Å². The van der Waals surface area contributed by atoms with Crippen molar-refractivity contribution in [1.29, 1.82) is 0 Å². The van der Waals surface area contributed by atoms with Crippen LogP contribution in [0.1, 0.15) is 23.1 Å². The van der Waals surface area contributed by atoms with Crippen molar-refractivity contribution in [3.63, 3.8) is 0 Å². The van der Waals surface area contributed by atoms with Crippen LogP contribution in [0, 0.1) is 6.92 Å². The zero-order valence-corrected chi connectivity index (χ0v) is 15.1. The number of nitrogens with one attached hydrogen (secondary N) is 1. The van der Waals surface area contributed by atoms with Crippen molar-refractivity contribution in [2.75, 3.05) is 0 Å². The second kappa shape index (κ2) is 6.99. The van der Waals surface area contributed by atoms with Crippen molar-refractivity contribution in [3.05, 3.63) is 66.4 Å². The molecule has 0 aliphatic rings. The van der Waals surface area contributed by atoms with Gasteiger partial charge in [-0.15, -0.1) is 0 Å². The Morgan fingerprint density at radius 1 is 1.22 bits per heavy atom. The highest BCUT2D eigenvalue weighted by Gasteiger charge is 2.17. The molecule has 0 radical (unpaired) electrons. The third kappa shape index (κ3) is 3.55. The van der Waals surface area contributed by atoms with Crippen LogP contribution in [-0.2, 0) is 6.54 Å². The van der Waals surface area contributed by atoms with E-state index in [9.17, 15) is 4.79 Å². The van der Waals surface area contributed by atoms with Gasteiger partial charge in [-0.05, 0) is 26.0 Å². The molecule has 0 saturated heterocycles. The maximum absolute atomic E-state index is 12.9. The van der Waals surface area contributed by atoms with E-state index < -0.39 is 0 Å². The van der Waals surface area contributed by atoms with E-state index in [2.05, 4.69) is 25.5 Å². The smallest absolute Gasteiger partial charge is 0.270 e. The largest absolute Gasteiger partial charge is 0.346 e. The lowest BCUT2D eigenvalue weighted by atomic mass is 10.1. The molecule has 3 aromatic heterocycles. The summed E-state index contributed by atoms with van der Waals surface area (Å²) in [6.07, 6.45) is 3.29. The lowest BCUT2D eigenvalue weighted by molar-refractivity contribution is 0.0928. The number of benzene rings is 1. The summed E-state index contributed by atoms with van der Waals surface area (Å²) in [5, 5.41) is 11.5. The molecule has 27 heavy (non-hydrogen) atoms. The van der Waals surface area contributed by atoms with E-state index in [0.717, 1.165) is 11.3 Å². The number of aromatic nitrogens is 6. The molecule has 8 heteroatoms. The van der Waals surface area contributed by atoms with Gasteiger partial charge in [0.1, 0.15) is 12.0 Å². The summed E-state index contributed by atoms with van der Waals surface area (Å²) in [6, 6.07) is 13.2. The maximum atomic E-state index is 12.9. The number of hydrogen-bond donors (Lipinski definition) is 1. The lowest BCUT2D eigenvalue weighted by Gasteiger charge is -2.15. The van der Waals surface area contributed by atoms with Crippen LogP contribution in [0.25, 0.3) is 17.0 Å². The molecular weight excluding hydrogens is 342 g/mol. The lowest BCUT2D eigenvalue weighted by Crippen LogP contribution is -2.37. The molecule has 3 heterocycles. The summed E-state index contributed by atoms with van der Waals surface area (Å²) in [5.74, 6) is 0.151. The normalized spacial score (nSPS) is 12.2. The molecule has 0 saturated carbocycles. The fourth-order valence-corrected chi connectivity index (χ4v) is 2.92. The van der Waals surface area contributed by atoms with E-state index in [0.29, 0.717) is 23.7 Å². The zero-order chi connectivity index (χ0) is 18.8. The minimum absolute atomic E-state index is 0.108. The molecule has 1 amide bonds. The maximum Gasteiger partial charge on any atom is 0.270 e. The fourth-order valence-electron chi connectivity index (χ4n) is 2.92. The molecule has 1 aromatic carbocycles. The Kier molecular flexibility index (Phi) is 4.37. The summed E-state index contributed by atoms with van der Waals surface area (Å²) < 4.78 is 3.26. The summed E-state index contributed by atoms with van der Waals surface area (Å²) >= 11 is 0. The van der Waals surface area contributed by atoms with Gasteiger partial charge >= 0.3 is 0 Å². The second-order valence-electron chi connectivity index (χ2n) is 6.42. The molecule has 0 aliphatic carbocycles. The number of nitrogens with zero attached hydrogens (tertiary/aromatic N) is 6. The third-order valence-corrected chi connectivity index (χ3v) is 4.17. The first-order chi connectivity index (χ1) is 13.1. The van der Waals surface area contributed by atoms with Crippen molar-refractivity contribution in [3.8, 4) is 11.3 Å². The first-order valence-corrected chi connectivity index (χ1v) is 8.67. The van der Waals surface area contributed by atoms with Crippen LogP contribution in [0.2, 0.25) is 0 Å². The monoisotopic (exact) mass is 361 g/mol. The topological polar surface area (TPSA) is 90.0 Å². The van der Waals surface area contributed by atoms with Crippen molar-refractivity contribution in [1.82, 2.24) is 34.7 Å². The van der Waals surface area contributed by atoms with Gasteiger partial charge in [-0.2, -0.15) is 19.7 Å². The Hall–Kier alpha value is -3.55. The molecule has 0 spiro atoms. The number of carbonyl (C=O) groups is 1. The number of hydrogen-bond acceptors (Lipinski definition) is 5. The van der Waals surface area contributed by atoms with Crippen LogP contribution in [0.4, 0.5) is 0 Å². The Morgan fingerprint density at radius 2 is 2.04 bits per heavy atom. The van der Waals surface area contributed by atoms with Gasteiger partial charge in [-0.1, -0.05) is 30.3 Å². The molecule has 1 N–H and O–H groups in total. The average Bonchev–Trinajstić information content (AvgIpc) is 3.30. The van der Waals surface area contributed by atoms with Crippen LogP contribution in [-0.4, -0.2) is 41.3 Å². The van der Waals surface area contributed by atoms with E-state index in [1.807, 2.05) is 61.1 Å². The van der Waals surface area contributed by atoms with Crippen LogP contribution >= 0.6 is 0 Å². The standard InChI is InChI=1S/C19H19N7O/c1-13-8-9-25(24-13)11-14(2)22-18(27)17-10-16(15-6-4-3-5-7-15)23-19-20-12-21-26(17)19/h3-10,12,14H,11H2,1-2H3,(H,22,27). The molecule has 4 aromatic rings. The fraction of sp³-hybridized carbons (Fsp3) is 0.211. The summed E-state index contributed by atoms with van der Waals surface area (Å²) in [6.45, 7) is 4.45. The van der Waals surface area contributed by atoms with Gasteiger partial charge < -0.3 is 5.32 Å². The number of rotatable bonds is 5. The van der Waals surface area contributed by atoms with Gasteiger partial charge in [0.05, 0.1) is 17.9 Å². The van der Waals surface area contributed by atoms with Crippen molar-refractivity contribution >= 4 is 11.7 Å². The number of amides is 1. The van der Waals surface area contributed by atoms with Gasteiger partial charge in [0.2, 0.25) is 0 Å². The molecule has 0 bridgehead atoms. The van der Waals surface area contributed by atoms with E-state index in [4.69, 9.17) is 0 Å². The molecule has 4 rings (SSSR count). The molecule has 136 valence electrons. The summed E-state index contributed by atoms with van der Waals surface area (Å²) in [7, 11) is 0. The summed E-state index contributed by atoms with van der Waals surface area (Å²) in [4.78, 5) is 21.5. The molecular formula is C19H19N7O. The predicted molar refractivity (Wildman–Crippen MR) is 100 cm³/mol. The Bertz CT molecular complexity index is 1080. The van der Waals surface area contributed by atoms with Gasteiger partial charge in [0.15, 0.2) is 0 Å². The molecule has 0 fully saturated rings. The highest BCUT2D eigenvalue weighted by atomic mass is 16.2. The molecule has 8 nitrogen and oxygen atoms in total. The van der Waals surface area contributed by atoms with Crippen LogP contribution in [0.5, 0.6) is 0 Å². The first-order valence-electron chi connectivity index (χ1n) is 8.67. The highest BCUT2D eigenvalue weighted by Crippen LogP contribution is 2.18. The van der Waals surface area contributed by atoms with E-state index >= 15 is 0 Å². The highest BCUT2D eigenvalue weighted by molar-refractivity contribution is 5.94. The van der Waals surface area contributed by atoms with Crippen molar-refractivity contribution in [2.45, 2.75) is 26.4 Å². The quantitative estimate of drug-likeness (QED) is 0.588. The SMILES string of the molecule is Cc1ccn(CC(C)NC(=O)c2cc(-c3ccccc3)nc3ncnn23)n1. The third-order valence-electron chi connectivity index (χ3n) is 4.17. The minimum atomic E-state index is -0.235. The van der Waals surface area contributed by atoms with E-state index in [1.54, 1.807) is 6.07 Å². The Morgan fingerprint density at radius 3 is 2.78 bits per heavy atom. The first kappa shape index (κ1) is 16.9. The van der Waals surface area contributed by atoms with Gasteiger partial charge in [-0.3, -0.25) is 9.48 Å². The molecule has 1 atom stereocenters. The predicted octanol–water partition coefficient (Wildman–Crippen LogP) is 2.11. The number of aryl methyl sites for hydroxylation is 1. The van der Waals surface area contributed by atoms with Gasteiger partial charge in [0, 0.05) is 17.8 Å². The minimum Gasteiger partial charge on any atom is -0.346 e. The van der Waals surface area contributed by atoms with E-state index in [1.165, 1.54) is 10.8 Å². The zero-order valence-electron chi connectivity index (χ0n) is 15.1. The molecule has 1 unspecified atom stereocenters. The van der Waals surface area contributed by atoms with Crippen molar-refractivity contribution < 1.29 is 4.79 Å². The average molecular weight is 361 g/mol. The van der Waals surface area contributed by atoms with E-state index in [-0.39, 0.29) is 11.9 Å². The van der Waals surface area contributed by atoms with Gasteiger partial charge in [-0.25, -0.2) is 4.98 Å². The Labute approximate surface area is 155 Å². The number of fused-ring (bicyclic) bond motifs is 1. The molecule has 0 aliphatic heterocycles. The van der Waals surface area contributed by atoms with Crippen LogP contribution in [0.15, 0.2) is 55.0 Å². The van der Waals surface area contributed by atoms with Crippen LogP contribution in [0.3, 0.4) is 0 Å². The number of carbonyl (C=O) groups excluding carboxylic acids is 1. The van der Waals surface area contributed by atoms with Crippen molar-refractivity contribution in [2.24, 2.45) is 0 Å². The Balaban J connectivity index is 1.61. The second-order valence-corrected chi connectivity index (χ2v) is 6.42.